The van der Waals surface area contributed by atoms with Gasteiger partial charge in [0.05, 0.1) is 10.3 Å². The van der Waals surface area contributed by atoms with Gasteiger partial charge in [-0.3, -0.25) is 9.59 Å². The molecule has 1 saturated heterocycles. The molecule has 2 rings (SSSR count). The molecule has 0 aliphatic carbocycles. The number of carbonyl (C=O) groups excluding carboxylic acids is 1. The molecule has 0 aromatic heterocycles. The quantitative estimate of drug-likeness (QED) is 0.783. The lowest BCUT2D eigenvalue weighted by molar-refractivity contribution is -0.147. The van der Waals surface area contributed by atoms with Crippen molar-refractivity contribution in [3.8, 4) is 0 Å². The van der Waals surface area contributed by atoms with Crippen LogP contribution in [-0.4, -0.2) is 49.9 Å². The summed E-state index contributed by atoms with van der Waals surface area (Å²) in [6, 6.07) is 4.35. The summed E-state index contributed by atoms with van der Waals surface area (Å²) >= 11 is 0. The molecule has 1 atom stereocenters. The van der Waals surface area contributed by atoms with Crippen molar-refractivity contribution in [1.29, 1.82) is 0 Å². The van der Waals surface area contributed by atoms with E-state index in [0.717, 1.165) is 24.3 Å². The van der Waals surface area contributed by atoms with Gasteiger partial charge in [-0.05, 0) is 37.6 Å². The molecule has 1 amide bonds. The monoisotopic (exact) mass is 358 g/mol. The Kier molecular flexibility index (Phi) is 5.24. The van der Waals surface area contributed by atoms with Crippen LogP contribution in [0.15, 0.2) is 29.2 Å². The van der Waals surface area contributed by atoms with Crippen LogP contribution in [-0.2, 0) is 19.6 Å². The van der Waals surface area contributed by atoms with E-state index in [1.54, 1.807) is 6.92 Å². The average molecular weight is 358 g/mol. The van der Waals surface area contributed by atoms with E-state index in [-0.39, 0.29) is 30.3 Å². The standard InChI is InChI=1S/C15H19FN2O5S/c1-15(14(20)21)7-9-18(10-15)13(19)6-8-17-24(22,23)12-4-2-11(16)3-5-12/h2-5,17H,6-10H2,1H3,(H,20,21). The fraction of sp³-hybridized carbons (Fsp3) is 0.467. The largest absolute Gasteiger partial charge is 0.481 e. The zero-order valence-electron chi connectivity index (χ0n) is 13.2. The van der Waals surface area contributed by atoms with Crippen LogP contribution in [0.2, 0.25) is 0 Å². The Morgan fingerprint density at radius 2 is 1.96 bits per heavy atom. The molecule has 1 aromatic rings. The number of nitrogens with zero attached hydrogens (tertiary/aromatic N) is 1. The molecule has 1 aliphatic rings. The molecular weight excluding hydrogens is 339 g/mol. The first kappa shape index (κ1) is 18.3. The number of amides is 1. The highest BCUT2D eigenvalue weighted by molar-refractivity contribution is 7.89. The second-order valence-corrected chi connectivity index (χ2v) is 7.80. The van der Waals surface area contributed by atoms with E-state index in [2.05, 4.69) is 4.72 Å². The summed E-state index contributed by atoms with van der Waals surface area (Å²) in [6.07, 6.45) is 0.297. The number of carbonyl (C=O) groups is 2. The Labute approximate surface area is 139 Å². The number of likely N-dealkylation sites (tertiary alicyclic amines) is 1. The van der Waals surface area contributed by atoms with E-state index < -0.39 is 27.2 Å². The summed E-state index contributed by atoms with van der Waals surface area (Å²) in [5, 5.41) is 9.14. The van der Waals surface area contributed by atoms with Gasteiger partial charge in [-0.2, -0.15) is 0 Å². The molecule has 9 heteroatoms. The van der Waals surface area contributed by atoms with Crippen molar-refractivity contribution in [2.75, 3.05) is 19.6 Å². The number of rotatable bonds is 6. The molecule has 24 heavy (non-hydrogen) atoms. The zero-order chi connectivity index (χ0) is 18.0. The fourth-order valence-electron chi connectivity index (χ4n) is 2.50. The van der Waals surface area contributed by atoms with Crippen LogP contribution in [0.4, 0.5) is 4.39 Å². The topological polar surface area (TPSA) is 104 Å². The Balaban J connectivity index is 1.87. The van der Waals surface area contributed by atoms with Gasteiger partial charge in [0.2, 0.25) is 15.9 Å². The first-order valence-electron chi connectivity index (χ1n) is 7.40. The average Bonchev–Trinajstić information content (AvgIpc) is 2.91. The number of aliphatic carboxylic acids is 1. The molecule has 0 bridgehead atoms. The van der Waals surface area contributed by atoms with Gasteiger partial charge in [0, 0.05) is 26.1 Å². The van der Waals surface area contributed by atoms with Gasteiger partial charge >= 0.3 is 5.97 Å². The number of benzene rings is 1. The predicted octanol–water partition coefficient (Wildman–Crippen LogP) is 0.817. The Morgan fingerprint density at radius 3 is 2.50 bits per heavy atom. The van der Waals surface area contributed by atoms with Crippen molar-refractivity contribution in [2.24, 2.45) is 5.41 Å². The number of carboxylic acids is 1. The highest BCUT2D eigenvalue weighted by Crippen LogP contribution is 2.30. The number of nitrogens with one attached hydrogen (secondary N) is 1. The molecular formula is C15H19FN2O5S. The lowest BCUT2D eigenvalue weighted by Crippen LogP contribution is -2.36. The molecule has 0 spiro atoms. The second-order valence-electron chi connectivity index (χ2n) is 6.03. The molecule has 1 unspecified atom stereocenters. The van der Waals surface area contributed by atoms with Gasteiger partial charge in [0.1, 0.15) is 5.82 Å². The van der Waals surface area contributed by atoms with Crippen molar-refractivity contribution in [2.45, 2.75) is 24.7 Å². The maximum Gasteiger partial charge on any atom is 0.311 e. The van der Waals surface area contributed by atoms with Crippen LogP contribution in [0.3, 0.4) is 0 Å². The summed E-state index contributed by atoms with van der Waals surface area (Å²) < 4.78 is 39.1. The van der Waals surface area contributed by atoms with Crippen molar-refractivity contribution in [3.05, 3.63) is 30.1 Å². The van der Waals surface area contributed by atoms with Gasteiger partial charge in [-0.15, -0.1) is 0 Å². The van der Waals surface area contributed by atoms with Crippen LogP contribution in [0.1, 0.15) is 19.8 Å². The zero-order valence-corrected chi connectivity index (χ0v) is 14.0. The van der Waals surface area contributed by atoms with Gasteiger partial charge in [-0.1, -0.05) is 0 Å². The molecule has 1 aliphatic heterocycles. The SMILES string of the molecule is CC1(C(=O)O)CCN(C(=O)CCNS(=O)(=O)c2ccc(F)cc2)C1. The summed E-state index contributed by atoms with van der Waals surface area (Å²) in [7, 11) is -3.81. The Hall–Kier alpha value is -2.00. The van der Waals surface area contributed by atoms with Crippen LogP contribution >= 0.6 is 0 Å². The Bertz CT molecular complexity index is 735. The van der Waals surface area contributed by atoms with Gasteiger partial charge < -0.3 is 10.0 Å². The normalized spacial score (nSPS) is 21.0. The van der Waals surface area contributed by atoms with E-state index >= 15 is 0 Å². The molecule has 0 radical (unpaired) electrons. The lowest BCUT2D eigenvalue weighted by atomic mass is 9.90. The maximum atomic E-state index is 12.8. The second kappa shape index (κ2) is 6.86. The highest BCUT2D eigenvalue weighted by atomic mass is 32.2. The van der Waals surface area contributed by atoms with E-state index in [0.29, 0.717) is 13.0 Å². The summed E-state index contributed by atoms with van der Waals surface area (Å²) in [5.41, 5.74) is -0.955. The number of halogens is 1. The molecule has 1 fully saturated rings. The third-order valence-corrected chi connectivity index (χ3v) is 5.57. The van der Waals surface area contributed by atoms with Gasteiger partial charge in [0.25, 0.3) is 0 Å². The van der Waals surface area contributed by atoms with Crippen LogP contribution in [0, 0.1) is 11.2 Å². The van der Waals surface area contributed by atoms with E-state index in [9.17, 15) is 22.4 Å². The first-order valence-corrected chi connectivity index (χ1v) is 8.89. The molecule has 1 aromatic carbocycles. The number of hydrogen-bond acceptors (Lipinski definition) is 4. The minimum Gasteiger partial charge on any atom is -0.481 e. The Morgan fingerprint density at radius 1 is 1.33 bits per heavy atom. The van der Waals surface area contributed by atoms with Crippen molar-refractivity contribution in [3.63, 3.8) is 0 Å². The highest BCUT2D eigenvalue weighted by Gasteiger charge is 2.41. The van der Waals surface area contributed by atoms with Gasteiger partial charge in [0.15, 0.2) is 0 Å². The summed E-state index contributed by atoms with van der Waals surface area (Å²) in [4.78, 5) is 24.6. The van der Waals surface area contributed by atoms with Crippen molar-refractivity contribution >= 4 is 21.9 Å². The van der Waals surface area contributed by atoms with E-state index in [1.165, 1.54) is 4.90 Å². The minimum atomic E-state index is -3.81. The third kappa shape index (κ3) is 4.09. The van der Waals surface area contributed by atoms with E-state index in [4.69, 9.17) is 5.11 Å². The fourth-order valence-corrected chi connectivity index (χ4v) is 3.53. The number of carboxylic acid groups (broad SMARTS) is 1. The molecule has 1 heterocycles. The molecule has 7 nitrogen and oxygen atoms in total. The maximum absolute atomic E-state index is 12.8. The smallest absolute Gasteiger partial charge is 0.311 e. The predicted molar refractivity (Wildman–Crippen MR) is 83.1 cm³/mol. The third-order valence-electron chi connectivity index (χ3n) is 4.10. The number of hydrogen-bond donors (Lipinski definition) is 2. The molecule has 0 saturated carbocycles. The molecule has 2 N–H and O–H groups in total. The summed E-state index contributed by atoms with van der Waals surface area (Å²) in [5.74, 6) is -1.80. The lowest BCUT2D eigenvalue weighted by Gasteiger charge is -2.20. The minimum absolute atomic E-state index is 0.0733. The van der Waals surface area contributed by atoms with Crippen LogP contribution in [0.5, 0.6) is 0 Å². The summed E-state index contributed by atoms with van der Waals surface area (Å²) in [6.45, 7) is 1.93. The van der Waals surface area contributed by atoms with Gasteiger partial charge in [-0.25, -0.2) is 17.5 Å². The number of sulfonamides is 1. The molecule has 132 valence electrons. The van der Waals surface area contributed by atoms with Crippen LogP contribution in [0.25, 0.3) is 0 Å². The van der Waals surface area contributed by atoms with Crippen LogP contribution < -0.4 is 4.72 Å². The van der Waals surface area contributed by atoms with Crippen molar-refractivity contribution in [1.82, 2.24) is 9.62 Å². The van der Waals surface area contributed by atoms with E-state index in [1.807, 2.05) is 0 Å². The first-order chi connectivity index (χ1) is 11.1. The van der Waals surface area contributed by atoms with Crippen molar-refractivity contribution < 1.29 is 27.5 Å².